The first kappa shape index (κ1) is 19.1. The molecular weight excluding hydrogens is 364 g/mol. The number of aryl methyl sites for hydroxylation is 1. The average molecular weight is 390 g/mol. The Morgan fingerprint density at radius 3 is 2.59 bits per heavy atom. The molecule has 1 aliphatic heterocycles. The van der Waals surface area contributed by atoms with Gasteiger partial charge in [-0.15, -0.1) is 5.10 Å². The van der Waals surface area contributed by atoms with Gasteiger partial charge in [0.05, 0.1) is 17.7 Å². The lowest BCUT2D eigenvalue weighted by Gasteiger charge is -2.49. The zero-order valence-electron chi connectivity index (χ0n) is 16.8. The topological polar surface area (TPSA) is 75.9 Å². The number of anilines is 1. The zero-order valence-corrected chi connectivity index (χ0v) is 16.8. The first-order valence-corrected chi connectivity index (χ1v) is 9.92. The molecule has 0 spiro atoms. The number of carbonyl (C=O) groups is 1. The van der Waals surface area contributed by atoms with Crippen LogP contribution in [0.15, 0.2) is 60.9 Å². The molecule has 2 aromatic heterocycles. The lowest BCUT2D eigenvalue weighted by atomic mass is 9.73. The van der Waals surface area contributed by atoms with Crippen LogP contribution in [0.2, 0.25) is 0 Å². The number of hydrogen-bond donors (Lipinski definition) is 1. The van der Waals surface area contributed by atoms with Gasteiger partial charge in [0.1, 0.15) is 0 Å². The number of hydrogen-bond acceptors (Lipinski definition) is 5. The van der Waals surface area contributed by atoms with Crippen molar-refractivity contribution in [1.82, 2.24) is 25.3 Å². The minimum absolute atomic E-state index is 0.0109. The van der Waals surface area contributed by atoms with Crippen molar-refractivity contribution in [2.75, 3.05) is 18.0 Å². The first-order valence-electron chi connectivity index (χ1n) is 9.92. The van der Waals surface area contributed by atoms with Crippen LogP contribution in [0.1, 0.15) is 18.2 Å². The van der Waals surface area contributed by atoms with Gasteiger partial charge in [-0.2, -0.15) is 10.2 Å². The van der Waals surface area contributed by atoms with Crippen molar-refractivity contribution in [1.29, 1.82) is 0 Å². The Morgan fingerprint density at radius 2 is 1.93 bits per heavy atom. The van der Waals surface area contributed by atoms with E-state index in [2.05, 4.69) is 37.6 Å². The maximum absolute atomic E-state index is 13.3. The van der Waals surface area contributed by atoms with Crippen LogP contribution in [0.3, 0.4) is 0 Å². The molecule has 0 aliphatic carbocycles. The number of nitrogens with zero attached hydrogens (tertiary/aromatic N) is 5. The van der Waals surface area contributed by atoms with Crippen molar-refractivity contribution in [3.63, 3.8) is 0 Å². The summed E-state index contributed by atoms with van der Waals surface area (Å²) in [6.45, 7) is 5.83. The fourth-order valence-corrected chi connectivity index (χ4v) is 3.84. The summed E-state index contributed by atoms with van der Waals surface area (Å²) in [6, 6.07) is 16.0. The highest BCUT2D eigenvalue weighted by Gasteiger charge is 2.50. The monoisotopic (exact) mass is 390 g/mol. The molecule has 3 heterocycles. The van der Waals surface area contributed by atoms with E-state index in [1.54, 1.807) is 6.20 Å². The highest BCUT2D eigenvalue weighted by molar-refractivity contribution is 5.86. The maximum Gasteiger partial charge on any atom is 0.230 e. The Labute approximate surface area is 170 Å². The Morgan fingerprint density at radius 1 is 1.14 bits per heavy atom. The molecule has 4 rings (SSSR count). The average Bonchev–Trinajstić information content (AvgIpc) is 3.19. The second-order valence-corrected chi connectivity index (χ2v) is 7.93. The van der Waals surface area contributed by atoms with Crippen LogP contribution in [-0.4, -0.2) is 45.0 Å². The van der Waals surface area contributed by atoms with Crippen molar-refractivity contribution < 1.29 is 4.79 Å². The number of benzene rings is 1. The molecule has 1 aromatic carbocycles. The fourth-order valence-electron chi connectivity index (χ4n) is 3.84. The Bertz CT molecular complexity index is 933. The normalized spacial score (nSPS) is 16.1. The molecule has 0 bridgehead atoms. The highest BCUT2D eigenvalue weighted by Crippen LogP contribution is 2.37. The highest BCUT2D eigenvalue weighted by atomic mass is 16.2. The molecule has 1 fully saturated rings. The van der Waals surface area contributed by atoms with Gasteiger partial charge in [0, 0.05) is 31.5 Å². The Kier molecular flexibility index (Phi) is 5.29. The molecule has 3 aromatic rings. The van der Waals surface area contributed by atoms with Crippen LogP contribution in [0.25, 0.3) is 0 Å². The van der Waals surface area contributed by atoms with E-state index in [9.17, 15) is 4.79 Å². The van der Waals surface area contributed by atoms with Crippen LogP contribution < -0.4 is 10.2 Å². The van der Waals surface area contributed by atoms with E-state index >= 15 is 0 Å². The number of rotatable bonds is 7. The lowest BCUT2D eigenvalue weighted by Crippen LogP contribution is -2.65. The van der Waals surface area contributed by atoms with Crippen LogP contribution in [-0.2, 0) is 17.8 Å². The molecule has 1 N–H and O–H groups in total. The molecular formula is C22H26N6O. The van der Waals surface area contributed by atoms with Gasteiger partial charge in [0.2, 0.25) is 5.91 Å². The number of amides is 1. The smallest absolute Gasteiger partial charge is 0.230 e. The van der Waals surface area contributed by atoms with Crippen molar-refractivity contribution in [3.05, 3.63) is 72.2 Å². The van der Waals surface area contributed by atoms with Gasteiger partial charge in [-0.1, -0.05) is 30.3 Å². The van der Waals surface area contributed by atoms with Gasteiger partial charge in [0.15, 0.2) is 5.82 Å². The first-order chi connectivity index (χ1) is 14.0. The minimum atomic E-state index is -0.480. The third kappa shape index (κ3) is 4.29. The fraction of sp³-hybridized carbons (Fsp3) is 0.364. The summed E-state index contributed by atoms with van der Waals surface area (Å²) in [5, 5.41) is 15.9. The molecule has 150 valence electrons. The number of carbonyl (C=O) groups excluding carboxylic acids is 1. The Balaban J connectivity index is 1.48. The van der Waals surface area contributed by atoms with E-state index in [-0.39, 0.29) is 11.9 Å². The maximum atomic E-state index is 13.3. The molecule has 1 atom stereocenters. The van der Waals surface area contributed by atoms with E-state index in [0.29, 0.717) is 26.1 Å². The van der Waals surface area contributed by atoms with E-state index in [4.69, 9.17) is 0 Å². The van der Waals surface area contributed by atoms with Crippen molar-refractivity contribution in [2.24, 2.45) is 5.41 Å². The van der Waals surface area contributed by atoms with Crippen LogP contribution >= 0.6 is 0 Å². The van der Waals surface area contributed by atoms with E-state index < -0.39 is 5.41 Å². The molecule has 0 radical (unpaired) electrons. The second-order valence-electron chi connectivity index (χ2n) is 7.93. The van der Waals surface area contributed by atoms with Crippen molar-refractivity contribution in [2.45, 2.75) is 32.9 Å². The van der Waals surface area contributed by atoms with E-state index in [1.165, 1.54) is 0 Å². The van der Waals surface area contributed by atoms with Gasteiger partial charge < -0.3 is 10.2 Å². The van der Waals surface area contributed by atoms with Crippen molar-refractivity contribution in [3.8, 4) is 0 Å². The van der Waals surface area contributed by atoms with Crippen LogP contribution in [0, 0.1) is 12.3 Å². The minimum Gasteiger partial charge on any atom is -0.353 e. The van der Waals surface area contributed by atoms with Crippen LogP contribution in [0.4, 0.5) is 5.82 Å². The van der Waals surface area contributed by atoms with Gasteiger partial charge in [0.25, 0.3) is 0 Å². The standard InChI is InChI=1S/C22H26N6O/c1-17-9-10-20(26-25-17)27-15-22(16-27,13-19-7-4-3-5-8-19)21(29)24-18(2)14-28-12-6-11-23-28/h3-12,18H,13-16H2,1-2H3,(H,24,29). The largest absolute Gasteiger partial charge is 0.353 e. The lowest BCUT2D eigenvalue weighted by molar-refractivity contribution is -0.133. The third-order valence-corrected chi connectivity index (χ3v) is 5.36. The SMILES string of the molecule is Cc1ccc(N2CC(Cc3ccccc3)(C(=O)NC(C)Cn3cccn3)C2)nn1. The quantitative estimate of drug-likeness (QED) is 0.670. The summed E-state index contributed by atoms with van der Waals surface area (Å²) in [7, 11) is 0. The second kappa shape index (κ2) is 8.03. The summed E-state index contributed by atoms with van der Waals surface area (Å²) < 4.78 is 1.84. The van der Waals surface area contributed by atoms with E-state index in [0.717, 1.165) is 17.1 Å². The molecule has 1 aliphatic rings. The Hall–Kier alpha value is -3.22. The molecule has 29 heavy (non-hydrogen) atoms. The van der Waals surface area contributed by atoms with Gasteiger partial charge in [-0.3, -0.25) is 9.48 Å². The molecule has 1 saturated heterocycles. The molecule has 1 amide bonds. The summed E-state index contributed by atoms with van der Waals surface area (Å²) in [5.74, 6) is 0.897. The zero-order chi connectivity index (χ0) is 20.3. The molecule has 7 heteroatoms. The van der Waals surface area contributed by atoms with Gasteiger partial charge >= 0.3 is 0 Å². The third-order valence-electron chi connectivity index (χ3n) is 5.36. The molecule has 7 nitrogen and oxygen atoms in total. The predicted octanol–water partition coefficient (Wildman–Crippen LogP) is 2.24. The van der Waals surface area contributed by atoms with Crippen LogP contribution in [0.5, 0.6) is 0 Å². The molecule has 1 unspecified atom stereocenters. The summed E-state index contributed by atoms with van der Waals surface area (Å²) in [6.07, 6.45) is 4.35. The predicted molar refractivity (Wildman–Crippen MR) is 111 cm³/mol. The number of aromatic nitrogens is 4. The summed E-state index contributed by atoms with van der Waals surface area (Å²) in [5.41, 5.74) is 1.57. The van der Waals surface area contributed by atoms with Gasteiger partial charge in [-0.25, -0.2) is 0 Å². The van der Waals surface area contributed by atoms with Crippen molar-refractivity contribution >= 4 is 11.7 Å². The van der Waals surface area contributed by atoms with Gasteiger partial charge in [-0.05, 0) is 44.0 Å². The molecule has 0 saturated carbocycles. The van der Waals surface area contributed by atoms with E-state index in [1.807, 2.05) is 61.1 Å². The summed E-state index contributed by atoms with van der Waals surface area (Å²) in [4.78, 5) is 15.4. The summed E-state index contributed by atoms with van der Waals surface area (Å²) >= 11 is 0. The number of nitrogens with one attached hydrogen (secondary N) is 1.